The largest absolute Gasteiger partial charge is 0.468 e. The lowest BCUT2D eigenvalue weighted by Gasteiger charge is -2.32. The summed E-state index contributed by atoms with van der Waals surface area (Å²) < 4.78 is 5.00. The molecule has 0 spiro atoms. The molecule has 2 amide bonds. The van der Waals surface area contributed by atoms with Crippen molar-refractivity contribution in [1.29, 1.82) is 0 Å². The number of carbonyl (C=O) groups is 3. The summed E-state index contributed by atoms with van der Waals surface area (Å²) in [6.07, 6.45) is 7.17. The number of nitrogens with zero attached hydrogens (tertiary/aromatic N) is 1. The Morgan fingerprint density at radius 1 is 1.10 bits per heavy atom. The molecule has 2 saturated carbocycles. The van der Waals surface area contributed by atoms with Gasteiger partial charge in [0.2, 0.25) is 5.91 Å². The Hall–Kier alpha value is -2.41. The minimum Gasteiger partial charge on any atom is -0.468 e. The molecule has 4 rings (SSSR count). The molecule has 0 radical (unpaired) electrons. The third-order valence-corrected chi connectivity index (χ3v) is 6.38. The molecule has 2 N–H and O–H groups in total. The van der Waals surface area contributed by atoms with Crippen LogP contribution in [0.1, 0.15) is 55.3 Å². The third kappa shape index (κ3) is 4.45. The van der Waals surface area contributed by atoms with E-state index < -0.39 is 0 Å². The number of carbonyl (C=O) groups excluding carboxylic acids is 3. The summed E-state index contributed by atoms with van der Waals surface area (Å²) in [6, 6.07) is 7.17. The van der Waals surface area contributed by atoms with Crippen LogP contribution in [0.5, 0.6) is 0 Å². The predicted molar refractivity (Wildman–Crippen MR) is 108 cm³/mol. The van der Waals surface area contributed by atoms with Gasteiger partial charge in [-0.15, -0.1) is 0 Å². The molecule has 1 saturated heterocycles. The maximum Gasteiger partial charge on any atom is 0.323 e. The van der Waals surface area contributed by atoms with Crippen LogP contribution in [0.4, 0.5) is 5.69 Å². The van der Waals surface area contributed by atoms with E-state index in [0.717, 1.165) is 38.5 Å². The van der Waals surface area contributed by atoms with Gasteiger partial charge in [-0.1, -0.05) is 25.0 Å². The van der Waals surface area contributed by atoms with E-state index in [1.165, 1.54) is 13.5 Å². The molecular formula is C22H29N3O4. The number of esters is 1. The molecule has 2 aliphatic carbocycles. The van der Waals surface area contributed by atoms with Gasteiger partial charge in [0.1, 0.15) is 6.04 Å². The van der Waals surface area contributed by atoms with Crippen molar-refractivity contribution in [3.8, 4) is 0 Å². The summed E-state index contributed by atoms with van der Waals surface area (Å²) in [5.41, 5.74) is 0.971. The third-order valence-electron chi connectivity index (χ3n) is 6.38. The number of benzene rings is 1. The molecule has 1 aromatic rings. The molecule has 29 heavy (non-hydrogen) atoms. The Bertz CT molecular complexity index is 792. The topological polar surface area (TPSA) is 87.7 Å². The van der Waals surface area contributed by atoms with Crippen molar-refractivity contribution in [2.45, 2.75) is 63.1 Å². The van der Waals surface area contributed by atoms with Crippen molar-refractivity contribution in [2.75, 3.05) is 19.0 Å². The number of hydrogen-bond donors (Lipinski definition) is 2. The zero-order valence-electron chi connectivity index (χ0n) is 16.9. The fourth-order valence-corrected chi connectivity index (χ4v) is 4.78. The summed E-state index contributed by atoms with van der Waals surface area (Å²) in [5.74, 6) is -0.199. The minimum atomic E-state index is -0.368. The fourth-order valence-electron chi connectivity index (χ4n) is 4.78. The van der Waals surface area contributed by atoms with E-state index >= 15 is 0 Å². The molecule has 1 heterocycles. The van der Waals surface area contributed by atoms with Crippen LogP contribution in [0.2, 0.25) is 0 Å². The van der Waals surface area contributed by atoms with Crippen LogP contribution in [-0.4, -0.2) is 54.5 Å². The first-order valence-electron chi connectivity index (χ1n) is 10.6. The Morgan fingerprint density at radius 3 is 2.62 bits per heavy atom. The second-order valence-electron chi connectivity index (χ2n) is 8.40. The van der Waals surface area contributed by atoms with Gasteiger partial charge in [-0.05, 0) is 50.2 Å². The van der Waals surface area contributed by atoms with E-state index in [4.69, 9.17) is 4.74 Å². The van der Waals surface area contributed by atoms with Gasteiger partial charge in [0, 0.05) is 12.1 Å². The SMILES string of the molecule is COC(=O)[C@@H]1C[C@@H]2CCCC[C@H]2N1CC(=O)Nc1ccccc1C(=O)NC1CC1. The zero-order valence-corrected chi connectivity index (χ0v) is 16.9. The van der Waals surface area contributed by atoms with Gasteiger partial charge in [0.25, 0.3) is 5.91 Å². The Balaban J connectivity index is 1.45. The lowest BCUT2D eigenvalue weighted by atomic mass is 9.85. The van der Waals surface area contributed by atoms with Gasteiger partial charge in [-0.2, -0.15) is 0 Å². The molecule has 0 unspecified atom stereocenters. The van der Waals surface area contributed by atoms with E-state index in [1.54, 1.807) is 24.3 Å². The fraction of sp³-hybridized carbons (Fsp3) is 0.591. The number of hydrogen-bond acceptors (Lipinski definition) is 5. The lowest BCUT2D eigenvalue weighted by molar-refractivity contribution is -0.146. The van der Waals surface area contributed by atoms with Crippen LogP contribution in [0, 0.1) is 5.92 Å². The smallest absolute Gasteiger partial charge is 0.323 e. The summed E-state index contributed by atoms with van der Waals surface area (Å²) in [7, 11) is 1.40. The van der Waals surface area contributed by atoms with Crippen molar-refractivity contribution in [1.82, 2.24) is 10.2 Å². The number of likely N-dealkylation sites (tertiary alicyclic amines) is 1. The number of para-hydroxylation sites is 1. The molecule has 3 atom stereocenters. The summed E-state index contributed by atoms with van der Waals surface area (Å²) in [5, 5.41) is 5.85. The molecule has 7 nitrogen and oxygen atoms in total. The Labute approximate surface area is 171 Å². The maximum absolute atomic E-state index is 12.9. The number of anilines is 1. The highest BCUT2D eigenvalue weighted by Crippen LogP contribution is 2.39. The highest BCUT2D eigenvalue weighted by Gasteiger charge is 2.46. The molecule has 0 aromatic heterocycles. The van der Waals surface area contributed by atoms with Gasteiger partial charge in [-0.25, -0.2) is 0 Å². The second-order valence-corrected chi connectivity index (χ2v) is 8.40. The van der Waals surface area contributed by atoms with Gasteiger partial charge in [-0.3, -0.25) is 19.3 Å². The quantitative estimate of drug-likeness (QED) is 0.717. The van der Waals surface area contributed by atoms with Crippen LogP contribution < -0.4 is 10.6 Å². The second kappa shape index (κ2) is 8.53. The summed E-state index contributed by atoms with van der Waals surface area (Å²) >= 11 is 0. The van der Waals surface area contributed by atoms with E-state index in [2.05, 4.69) is 10.6 Å². The summed E-state index contributed by atoms with van der Waals surface area (Å²) in [6.45, 7) is 0.125. The number of amides is 2. The minimum absolute atomic E-state index is 0.125. The van der Waals surface area contributed by atoms with Crippen molar-refractivity contribution in [3.05, 3.63) is 29.8 Å². The zero-order chi connectivity index (χ0) is 20.4. The number of rotatable bonds is 6. The molecule has 0 bridgehead atoms. The Kier molecular flexibility index (Phi) is 5.85. The molecule has 1 aliphatic heterocycles. The van der Waals surface area contributed by atoms with Crippen LogP contribution in [0.3, 0.4) is 0 Å². The number of methoxy groups -OCH3 is 1. The van der Waals surface area contributed by atoms with Gasteiger partial charge >= 0.3 is 5.97 Å². The Morgan fingerprint density at radius 2 is 1.86 bits per heavy atom. The van der Waals surface area contributed by atoms with Crippen molar-refractivity contribution in [2.24, 2.45) is 5.92 Å². The lowest BCUT2D eigenvalue weighted by Crippen LogP contribution is -2.46. The standard InChI is InChI=1S/C22H29N3O4/c1-29-22(28)19-12-14-6-2-5-9-18(14)25(19)13-20(26)24-17-8-4-3-7-16(17)21(27)23-15-10-11-15/h3-4,7-8,14-15,18-19H,2,5-6,9-13H2,1H3,(H,23,27)(H,24,26)/t14-,18+,19-/m0/s1. The van der Waals surface area contributed by atoms with Gasteiger partial charge in [0.15, 0.2) is 0 Å². The van der Waals surface area contributed by atoms with Crippen molar-refractivity contribution < 1.29 is 19.1 Å². The molecule has 7 heteroatoms. The van der Waals surface area contributed by atoms with Crippen molar-refractivity contribution >= 4 is 23.5 Å². The summed E-state index contributed by atoms with van der Waals surface area (Å²) in [4.78, 5) is 39.7. The first kappa shape index (κ1) is 19.9. The van der Waals surface area contributed by atoms with E-state index in [0.29, 0.717) is 17.2 Å². The monoisotopic (exact) mass is 399 g/mol. The van der Waals surface area contributed by atoms with Crippen molar-refractivity contribution in [3.63, 3.8) is 0 Å². The number of nitrogens with one attached hydrogen (secondary N) is 2. The van der Waals surface area contributed by atoms with E-state index in [9.17, 15) is 14.4 Å². The normalized spacial score (nSPS) is 26.4. The van der Waals surface area contributed by atoms with Crippen LogP contribution in [-0.2, 0) is 14.3 Å². The molecule has 3 fully saturated rings. The van der Waals surface area contributed by atoms with Gasteiger partial charge in [0.05, 0.1) is 24.9 Å². The van der Waals surface area contributed by atoms with Crippen LogP contribution >= 0.6 is 0 Å². The average molecular weight is 399 g/mol. The highest BCUT2D eigenvalue weighted by atomic mass is 16.5. The predicted octanol–water partition coefficient (Wildman–Crippen LogP) is 2.32. The molecule has 1 aromatic carbocycles. The van der Waals surface area contributed by atoms with Crippen LogP contribution in [0.15, 0.2) is 24.3 Å². The maximum atomic E-state index is 12.9. The number of ether oxygens (including phenoxy) is 1. The molecule has 156 valence electrons. The van der Waals surface area contributed by atoms with E-state index in [-0.39, 0.29) is 42.5 Å². The first-order chi connectivity index (χ1) is 14.1. The first-order valence-corrected chi connectivity index (χ1v) is 10.6. The average Bonchev–Trinajstić information content (AvgIpc) is 3.47. The highest BCUT2D eigenvalue weighted by molar-refractivity contribution is 6.04. The van der Waals surface area contributed by atoms with Crippen LogP contribution in [0.25, 0.3) is 0 Å². The van der Waals surface area contributed by atoms with E-state index in [1.807, 2.05) is 4.90 Å². The van der Waals surface area contributed by atoms with Gasteiger partial charge < -0.3 is 15.4 Å². The molecule has 3 aliphatic rings. The molecular weight excluding hydrogens is 370 g/mol. The number of fused-ring (bicyclic) bond motifs is 1.